The number of halogens is 1. The lowest BCUT2D eigenvalue weighted by Gasteiger charge is -2.35. The van der Waals surface area contributed by atoms with Crippen LogP contribution in [0.5, 0.6) is 0 Å². The van der Waals surface area contributed by atoms with Crippen LogP contribution in [0.1, 0.15) is 15.9 Å². The molecule has 4 rings (SSSR count). The van der Waals surface area contributed by atoms with Crippen molar-refractivity contribution in [2.24, 2.45) is 0 Å². The van der Waals surface area contributed by atoms with Crippen LogP contribution >= 0.6 is 0 Å². The highest BCUT2D eigenvalue weighted by Crippen LogP contribution is 2.23. The maximum atomic E-state index is 13.8. The fourth-order valence-corrected chi connectivity index (χ4v) is 3.41. The number of piperazine rings is 1. The first kappa shape index (κ1) is 17.5. The number of hydrogen-bond donors (Lipinski definition) is 1. The number of anilines is 1. The number of likely N-dealkylation sites (N-methyl/N-ethyl adjacent to an activating group) is 1. The van der Waals surface area contributed by atoms with Crippen molar-refractivity contribution in [2.45, 2.75) is 6.54 Å². The normalized spacial score (nSPS) is 15.3. The summed E-state index contributed by atoms with van der Waals surface area (Å²) in [7, 11) is 2.08. The monoisotopic (exact) mass is 367 g/mol. The Morgan fingerprint density at radius 3 is 2.81 bits per heavy atom. The molecule has 0 spiro atoms. The van der Waals surface area contributed by atoms with Crippen LogP contribution in [0.4, 0.5) is 10.1 Å². The van der Waals surface area contributed by atoms with E-state index in [0.29, 0.717) is 12.1 Å². The Hall–Kier alpha value is -2.93. The third-order valence-electron chi connectivity index (χ3n) is 4.99. The summed E-state index contributed by atoms with van der Waals surface area (Å²) in [6.45, 7) is 3.81. The molecule has 0 unspecified atom stereocenters. The molecule has 7 heteroatoms. The molecule has 3 aromatic rings. The molecular weight excluding hydrogens is 345 g/mol. The van der Waals surface area contributed by atoms with Crippen LogP contribution in [-0.2, 0) is 6.54 Å². The predicted molar refractivity (Wildman–Crippen MR) is 102 cm³/mol. The zero-order chi connectivity index (χ0) is 18.8. The molecule has 6 nitrogen and oxygen atoms in total. The van der Waals surface area contributed by atoms with Gasteiger partial charge in [0.25, 0.3) is 5.91 Å². The Morgan fingerprint density at radius 2 is 2.00 bits per heavy atom. The number of fused-ring (bicyclic) bond motifs is 1. The van der Waals surface area contributed by atoms with Crippen LogP contribution in [0.25, 0.3) is 5.52 Å². The summed E-state index contributed by atoms with van der Waals surface area (Å²) in [5.74, 6) is -0.687. The van der Waals surface area contributed by atoms with E-state index in [-0.39, 0.29) is 5.91 Å². The van der Waals surface area contributed by atoms with Gasteiger partial charge in [-0.15, -0.1) is 0 Å². The number of amides is 1. The van der Waals surface area contributed by atoms with Gasteiger partial charge in [-0.2, -0.15) is 5.10 Å². The number of rotatable bonds is 4. The average Bonchev–Trinajstić information content (AvgIpc) is 3.10. The fourth-order valence-electron chi connectivity index (χ4n) is 3.41. The zero-order valence-corrected chi connectivity index (χ0v) is 15.2. The van der Waals surface area contributed by atoms with E-state index in [2.05, 4.69) is 27.3 Å². The highest BCUT2D eigenvalue weighted by molar-refractivity contribution is 6.00. The van der Waals surface area contributed by atoms with E-state index in [1.165, 1.54) is 12.1 Å². The van der Waals surface area contributed by atoms with Crippen LogP contribution in [0.2, 0.25) is 0 Å². The van der Waals surface area contributed by atoms with Gasteiger partial charge in [0.2, 0.25) is 0 Å². The predicted octanol–water partition coefficient (Wildman–Crippen LogP) is 2.16. The van der Waals surface area contributed by atoms with E-state index < -0.39 is 5.82 Å². The molecule has 1 aliphatic rings. The van der Waals surface area contributed by atoms with Gasteiger partial charge in [-0.3, -0.25) is 4.79 Å². The van der Waals surface area contributed by atoms with Crippen LogP contribution in [0.15, 0.2) is 48.8 Å². The number of nitrogens with one attached hydrogen (secondary N) is 1. The van der Waals surface area contributed by atoms with Crippen LogP contribution < -0.4 is 10.2 Å². The molecule has 0 radical (unpaired) electrons. The van der Waals surface area contributed by atoms with Crippen LogP contribution in [-0.4, -0.2) is 53.6 Å². The molecule has 1 aromatic carbocycles. The van der Waals surface area contributed by atoms with Gasteiger partial charge in [-0.1, -0.05) is 6.07 Å². The van der Waals surface area contributed by atoms with Crippen LogP contribution in [0, 0.1) is 5.82 Å². The smallest absolute Gasteiger partial charge is 0.253 e. The fraction of sp³-hybridized carbons (Fsp3) is 0.300. The summed E-state index contributed by atoms with van der Waals surface area (Å²) >= 11 is 0. The van der Waals surface area contributed by atoms with Gasteiger partial charge in [0.05, 0.1) is 17.3 Å². The van der Waals surface area contributed by atoms with Crippen molar-refractivity contribution in [1.29, 1.82) is 0 Å². The minimum absolute atomic E-state index is 0.279. The Kier molecular flexibility index (Phi) is 4.77. The highest BCUT2D eigenvalue weighted by atomic mass is 19.1. The molecule has 27 heavy (non-hydrogen) atoms. The second-order valence-electron chi connectivity index (χ2n) is 6.83. The van der Waals surface area contributed by atoms with E-state index in [0.717, 1.165) is 42.9 Å². The van der Waals surface area contributed by atoms with Gasteiger partial charge in [0.15, 0.2) is 0 Å². The molecule has 1 N–H and O–H groups in total. The number of benzene rings is 1. The molecule has 1 saturated heterocycles. The molecule has 2 aromatic heterocycles. The standard InChI is InChI=1S/C20H22FN5O/c1-24-8-10-25(11-9-24)19-6-5-16(21)12-17(19)20(27)22-13-15-14-23-26-7-3-2-4-18(15)26/h2-7,12,14H,8-11,13H2,1H3,(H,22,27). The van der Waals surface area contributed by atoms with Crippen molar-refractivity contribution in [3.8, 4) is 0 Å². The number of carbonyl (C=O) groups is 1. The van der Waals surface area contributed by atoms with Crippen molar-refractivity contribution in [3.05, 3.63) is 65.7 Å². The van der Waals surface area contributed by atoms with Crippen molar-refractivity contribution in [3.63, 3.8) is 0 Å². The van der Waals surface area contributed by atoms with Crippen molar-refractivity contribution < 1.29 is 9.18 Å². The van der Waals surface area contributed by atoms with Gasteiger partial charge >= 0.3 is 0 Å². The summed E-state index contributed by atoms with van der Waals surface area (Å²) in [4.78, 5) is 17.2. The topological polar surface area (TPSA) is 52.9 Å². The summed E-state index contributed by atoms with van der Waals surface area (Å²) in [6.07, 6.45) is 3.60. The minimum Gasteiger partial charge on any atom is -0.368 e. The quantitative estimate of drug-likeness (QED) is 0.768. The molecule has 0 saturated carbocycles. The Balaban J connectivity index is 1.53. The van der Waals surface area contributed by atoms with Gasteiger partial charge < -0.3 is 15.1 Å². The van der Waals surface area contributed by atoms with E-state index in [4.69, 9.17) is 0 Å². The van der Waals surface area contributed by atoms with Crippen LogP contribution in [0.3, 0.4) is 0 Å². The number of pyridine rings is 1. The number of carbonyl (C=O) groups excluding carboxylic acids is 1. The zero-order valence-electron chi connectivity index (χ0n) is 15.2. The average molecular weight is 367 g/mol. The lowest BCUT2D eigenvalue weighted by molar-refractivity contribution is 0.0951. The molecule has 1 aliphatic heterocycles. The summed E-state index contributed by atoms with van der Waals surface area (Å²) in [5.41, 5.74) is 3.01. The van der Waals surface area contributed by atoms with Crippen molar-refractivity contribution in [2.75, 3.05) is 38.1 Å². The number of hydrogen-bond acceptors (Lipinski definition) is 4. The second-order valence-corrected chi connectivity index (χ2v) is 6.83. The van der Waals surface area contributed by atoms with Gasteiger partial charge in [0.1, 0.15) is 5.82 Å². The molecule has 0 bridgehead atoms. The SMILES string of the molecule is CN1CCN(c2ccc(F)cc2C(=O)NCc2cnn3ccccc23)CC1. The molecular formula is C20H22FN5O. The largest absolute Gasteiger partial charge is 0.368 e. The summed E-state index contributed by atoms with van der Waals surface area (Å²) in [5, 5.41) is 7.19. The highest BCUT2D eigenvalue weighted by Gasteiger charge is 2.21. The van der Waals surface area contributed by atoms with E-state index >= 15 is 0 Å². The van der Waals surface area contributed by atoms with Gasteiger partial charge in [0, 0.05) is 50.2 Å². The van der Waals surface area contributed by atoms with Gasteiger partial charge in [-0.05, 0) is 37.4 Å². The first-order valence-corrected chi connectivity index (χ1v) is 9.04. The van der Waals surface area contributed by atoms with E-state index in [1.807, 2.05) is 24.4 Å². The molecule has 0 atom stereocenters. The summed E-state index contributed by atoms with van der Waals surface area (Å²) < 4.78 is 15.6. The molecule has 1 fully saturated rings. The third-order valence-corrected chi connectivity index (χ3v) is 4.99. The van der Waals surface area contributed by atoms with Crippen molar-refractivity contribution in [1.82, 2.24) is 19.8 Å². The van der Waals surface area contributed by atoms with Gasteiger partial charge in [-0.25, -0.2) is 8.91 Å². The molecule has 0 aliphatic carbocycles. The Bertz CT molecular complexity index is 962. The lowest BCUT2D eigenvalue weighted by Crippen LogP contribution is -2.45. The minimum atomic E-state index is -0.408. The van der Waals surface area contributed by atoms with E-state index in [9.17, 15) is 9.18 Å². The van der Waals surface area contributed by atoms with Crippen molar-refractivity contribution >= 4 is 17.1 Å². The molecule has 1 amide bonds. The number of nitrogens with zero attached hydrogens (tertiary/aromatic N) is 4. The first-order valence-electron chi connectivity index (χ1n) is 9.04. The Morgan fingerprint density at radius 1 is 1.19 bits per heavy atom. The second kappa shape index (κ2) is 7.36. The maximum absolute atomic E-state index is 13.8. The third kappa shape index (κ3) is 3.64. The first-order chi connectivity index (χ1) is 13.1. The molecule has 140 valence electrons. The Labute approximate surface area is 157 Å². The summed E-state index contributed by atoms with van der Waals surface area (Å²) in [6, 6.07) is 10.2. The maximum Gasteiger partial charge on any atom is 0.253 e. The molecule has 3 heterocycles. The van der Waals surface area contributed by atoms with E-state index in [1.54, 1.807) is 16.8 Å². The number of aromatic nitrogens is 2. The lowest BCUT2D eigenvalue weighted by atomic mass is 10.1.